The molecule has 96 valence electrons. The van der Waals surface area contributed by atoms with Gasteiger partial charge >= 0.3 is 0 Å². The molecule has 0 saturated carbocycles. The predicted octanol–water partition coefficient (Wildman–Crippen LogP) is 2.32. The van der Waals surface area contributed by atoms with Crippen molar-refractivity contribution < 1.29 is 8.78 Å². The van der Waals surface area contributed by atoms with E-state index in [1.165, 1.54) is 16.9 Å². The molecule has 5 nitrogen and oxygen atoms in total. The minimum atomic E-state index is -3.01. The van der Waals surface area contributed by atoms with E-state index >= 15 is 0 Å². The van der Waals surface area contributed by atoms with Crippen LogP contribution < -0.4 is 0 Å². The van der Waals surface area contributed by atoms with Crippen molar-refractivity contribution in [3.63, 3.8) is 0 Å². The van der Waals surface area contributed by atoms with E-state index in [0.717, 1.165) is 12.3 Å². The number of fused-ring (bicyclic) bond motifs is 1. The standard InChI is InChI=1S/C12H9F2N5/c1-12(13,14)10-3-5-16-11(18-10)19-9-2-4-15-6-8(9)7-17-19/h2-7H,1H3. The average molecular weight is 261 g/mol. The zero-order valence-electron chi connectivity index (χ0n) is 9.96. The van der Waals surface area contributed by atoms with Crippen LogP contribution in [0.25, 0.3) is 16.9 Å². The first-order valence-corrected chi connectivity index (χ1v) is 5.55. The van der Waals surface area contributed by atoms with Gasteiger partial charge in [-0.1, -0.05) is 0 Å². The van der Waals surface area contributed by atoms with Crippen molar-refractivity contribution in [1.29, 1.82) is 0 Å². The number of pyridine rings is 1. The monoisotopic (exact) mass is 261 g/mol. The molecule has 0 radical (unpaired) electrons. The summed E-state index contributed by atoms with van der Waals surface area (Å²) in [6.45, 7) is 0.796. The summed E-state index contributed by atoms with van der Waals surface area (Å²) < 4.78 is 27.9. The number of rotatable bonds is 2. The highest BCUT2D eigenvalue weighted by Crippen LogP contribution is 2.25. The number of alkyl halides is 2. The van der Waals surface area contributed by atoms with Crippen LogP contribution in [0, 0.1) is 0 Å². The Morgan fingerprint density at radius 3 is 2.79 bits per heavy atom. The SMILES string of the molecule is CC(F)(F)c1ccnc(-n2ncc3cnccc32)n1. The van der Waals surface area contributed by atoms with Crippen molar-refractivity contribution in [2.45, 2.75) is 12.8 Å². The Hall–Kier alpha value is -2.44. The maximum absolute atomic E-state index is 13.3. The Bertz CT molecular complexity index is 732. The minimum Gasteiger partial charge on any atom is -0.264 e. The van der Waals surface area contributed by atoms with Gasteiger partial charge in [0.1, 0.15) is 5.69 Å². The molecule has 3 aromatic heterocycles. The van der Waals surface area contributed by atoms with E-state index < -0.39 is 5.92 Å². The second-order valence-electron chi connectivity index (χ2n) is 4.12. The largest absolute Gasteiger partial charge is 0.287 e. The third-order valence-electron chi connectivity index (χ3n) is 2.65. The normalized spacial score (nSPS) is 11.9. The van der Waals surface area contributed by atoms with E-state index in [1.807, 2.05) is 0 Å². The fourth-order valence-corrected chi connectivity index (χ4v) is 1.73. The van der Waals surface area contributed by atoms with Crippen LogP contribution in [0.1, 0.15) is 12.6 Å². The molecule has 0 spiro atoms. The molecular weight excluding hydrogens is 252 g/mol. The maximum atomic E-state index is 13.3. The molecule has 0 N–H and O–H groups in total. The lowest BCUT2D eigenvalue weighted by Crippen LogP contribution is -2.13. The van der Waals surface area contributed by atoms with Crippen LogP contribution >= 0.6 is 0 Å². The van der Waals surface area contributed by atoms with Crippen LogP contribution in [-0.2, 0) is 5.92 Å². The van der Waals surface area contributed by atoms with Crippen LogP contribution in [0.5, 0.6) is 0 Å². The van der Waals surface area contributed by atoms with Crippen molar-refractivity contribution in [1.82, 2.24) is 24.7 Å². The van der Waals surface area contributed by atoms with Crippen molar-refractivity contribution in [2.75, 3.05) is 0 Å². The van der Waals surface area contributed by atoms with Gasteiger partial charge in [-0.05, 0) is 12.1 Å². The second kappa shape index (κ2) is 4.04. The van der Waals surface area contributed by atoms with Gasteiger partial charge in [0.15, 0.2) is 0 Å². The zero-order valence-corrected chi connectivity index (χ0v) is 9.96. The zero-order chi connectivity index (χ0) is 13.5. The summed E-state index contributed by atoms with van der Waals surface area (Å²) >= 11 is 0. The average Bonchev–Trinajstić information content (AvgIpc) is 2.82. The molecule has 0 saturated heterocycles. The molecule has 0 unspecified atom stereocenters. The summed E-state index contributed by atoms with van der Waals surface area (Å²) in [6.07, 6.45) is 6.11. The lowest BCUT2D eigenvalue weighted by Gasteiger charge is -2.10. The van der Waals surface area contributed by atoms with Gasteiger partial charge in [-0.2, -0.15) is 18.6 Å². The summed E-state index contributed by atoms with van der Waals surface area (Å²) in [5.74, 6) is -2.90. The van der Waals surface area contributed by atoms with Gasteiger partial charge in [0.05, 0.1) is 11.7 Å². The predicted molar refractivity (Wildman–Crippen MR) is 64.0 cm³/mol. The molecule has 3 heterocycles. The third kappa shape index (κ3) is 2.03. The lowest BCUT2D eigenvalue weighted by atomic mass is 10.2. The smallest absolute Gasteiger partial charge is 0.264 e. The van der Waals surface area contributed by atoms with Crippen LogP contribution in [0.3, 0.4) is 0 Å². The minimum absolute atomic E-state index is 0.111. The van der Waals surface area contributed by atoms with E-state index in [1.54, 1.807) is 24.7 Å². The highest BCUT2D eigenvalue weighted by molar-refractivity contribution is 5.78. The number of halogens is 2. The van der Waals surface area contributed by atoms with Crippen LogP contribution in [0.15, 0.2) is 36.9 Å². The Balaban J connectivity index is 2.17. The summed E-state index contributed by atoms with van der Waals surface area (Å²) in [5.41, 5.74) is 0.377. The molecule has 0 fully saturated rings. The van der Waals surface area contributed by atoms with E-state index in [-0.39, 0.29) is 11.6 Å². The molecule has 3 rings (SSSR count). The summed E-state index contributed by atoms with van der Waals surface area (Å²) in [6, 6.07) is 2.92. The first-order valence-electron chi connectivity index (χ1n) is 5.55. The lowest BCUT2D eigenvalue weighted by molar-refractivity contribution is 0.0126. The van der Waals surface area contributed by atoms with Gasteiger partial charge in [-0.3, -0.25) is 4.98 Å². The van der Waals surface area contributed by atoms with Gasteiger partial charge in [0, 0.05) is 30.9 Å². The topological polar surface area (TPSA) is 56.5 Å². The summed E-state index contributed by atoms with van der Waals surface area (Å²) in [5, 5.41) is 4.89. The molecule has 0 aliphatic heterocycles. The highest BCUT2D eigenvalue weighted by Gasteiger charge is 2.26. The summed E-state index contributed by atoms with van der Waals surface area (Å²) in [4.78, 5) is 11.8. The van der Waals surface area contributed by atoms with Crippen LogP contribution in [0.2, 0.25) is 0 Å². The van der Waals surface area contributed by atoms with Gasteiger partial charge in [-0.15, -0.1) is 0 Å². The Labute approximate surface area is 106 Å². The number of hydrogen-bond donors (Lipinski definition) is 0. The van der Waals surface area contributed by atoms with Gasteiger partial charge < -0.3 is 0 Å². The van der Waals surface area contributed by atoms with Crippen molar-refractivity contribution in [3.8, 4) is 5.95 Å². The first-order chi connectivity index (χ1) is 9.05. The third-order valence-corrected chi connectivity index (χ3v) is 2.65. The summed E-state index contributed by atoms with van der Waals surface area (Å²) in [7, 11) is 0. The Morgan fingerprint density at radius 1 is 1.16 bits per heavy atom. The fraction of sp³-hybridized carbons (Fsp3) is 0.167. The van der Waals surface area contributed by atoms with Gasteiger partial charge in [0.2, 0.25) is 0 Å². The maximum Gasteiger partial charge on any atom is 0.287 e. The van der Waals surface area contributed by atoms with Crippen LogP contribution in [-0.4, -0.2) is 24.7 Å². The molecule has 7 heteroatoms. The molecule has 0 atom stereocenters. The molecule has 3 aromatic rings. The van der Waals surface area contributed by atoms with Gasteiger partial charge in [-0.25, -0.2) is 9.97 Å². The Morgan fingerprint density at radius 2 is 2.00 bits per heavy atom. The number of hydrogen-bond acceptors (Lipinski definition) is 4. The molecule has 19 heavy (non-hydrogen) atoms. The molecule has 0 amide bonds. The van der Waals surface area contributed by atoms with Gasteiger partial charge in [0.25, 0.3) is 11.9 Å². The molecule has 0 bridgehead atoms. The van der Waals surface area contributed by atoms with Crippen LogP contribution in [0.4, 0.5) is 8.78 Å². The van der Waals surface area contributed by atoms with Crippen molar-refractivity contribution in [3.05, 3.63) is 42.6 Å². The molecular formula is C12H9F2N5. The molecule has 0 aliphatic carbocycles. The van der Waals surface area contributed by atoms with Crippen molar-refractivity contribution in [2.24, 2.45) is 0 Å². The van der Waals surface area contributed by atoms with E-state index in [9.17, 15) is 8.78 Å². The van der Waals surface area contributed by atoms with Crippen molar-refractivity contribution >= 4 is 10.9 Å². The Kier molecular flexibility index (Phi) is 2.48. The number of aromatic nitrogens is 5. The molecule has 0 aliphatic rings. The van der Waals surface area contributed by atoms with E-state index in [0.29, 0.717) is 5.52 Å². The van der Waals surface area contributed by atoms with E-state index in [4.69, 9.17) is 0 Å². The fourth-order valence-electron chi connectivity index (χ4n) is 1.73. The highest BCUT2D eigenvalue weighted by atomic mass is 19.3. The number of nitrogens with zero attached hydrogens (tertiary/aromatic N) is 5. The first kappa shape index (κ1) is 11.6. The molecule has 0 aromatic carbocycles. The quantitative estimate of drug-likeness (QED) is 0.710. The van der Waals surface area contributed by atoms with E-state index in [2.05, 4.69) is 20.1 Å². The second-order valence-corrected chi connectivity index (χ2v) is 4.12.